The van der Waals surface area contributed by atoms with Crippen LogP contribution in [0.3, 0.4) is 0 Å². The number of anilines is 1. The molecule has 0 radical (unpaired) electrons. The van der Waals surface area contributed by atoms with Crippen molar-refractivity contribution in [3.63, 3.8) is 0 Å². The van der Waals surface area contributed by atoms with E-state index >= 15 is 0 Å². The van der Waals surface area contributed by atoms with Gasteiger partial charge in [-0.3, -0.25) is 9.59 Å². The zero-order valence-electron chi connectivity index (χ0n) is 15.4. The van der Waals surface area contributed by atoms with E-state index in [9.17, 15) is 9.59 Å². The molecular weight excluding hydrogens is 362 g/mol. The summed E-state index contributed by atoms with van der Waals surface area (Å²) in [5.41, 5.74) is 1.95. The molecule has 0 unspecified atom stereocenters. The molecule has 1 atom stereocenters. The van der Waals surface area contributed by atoms with Crippen molar-refractivity contribution < 1.29 is 9.59 Å². The maximum Gasteiger partial charge on any atom is 0.225 e. The largest absolute Gasteiger partial charge is 0.368 e. The summed E-state index contributed by atoms with van der Waals surface area (Å²) in [6.45, 7) is 4.39. The molecule has 1 fully saturated rings. The van der Waals surface area contributed by atoms with Gasteiger partial charge in [-0.25, -0.2) is 0 Å². The fourth-order valence-corrected chi connectivity index (χ4v) is 3.67. The predicted octanol–water partition coefficient (Wildman–Crippen LogP) is 3.26. The third kappa shape index (κ3) is 5.01. The molecule has 2 amide bonds. The topological polar surface area (TPSA) is 52.7 Å². The molecule has 1 N–H and O–H groups in total. The number of rotatable bonds is 5. The van der Waals surface area contributed by atoms with E-state index in [1.807, 2.05) is 41.3 Å². The number of piperazine rings is 1. The Kier molecular flexibility index (Phi) is 6.35. The lowest BCUT2D eigenvalue weighted by atomic mass is 10.0. The third-order valence-electron chi connectivity index (χ3n) is 4.79. The van der Waals surface area contributed by atoms with Crippen LogP contribution in [0.2, 0.25) is 5.02 Å². The van der Waals surface area contributed by atoms with Gasteiger partial charge in [0.2, 0.25) is 11.8 Å². The third-order valence-corrected chi connectivity index (χ3v) is 5.13. The summed E-state index contributed by atoms with van der Waals surface area (Å²) in [4.78, 5) is 28.6. The van der Waals surface area contributed by atoms with Crippen LogP contribution in [0.15, 0.2) is 54.6 Å². The highest BCUT2D eigenvalue weighted by atomic mass is 35.5. The first-order valence-electron chi connectivity index (χ1n) is 9.14. The zero-order chi connectivity index (χ0) is 19.2. The molecule has 3 rings (SSSR count). The number of hydrogen-bond acceptors (Lipinski definition) is 3. The lowest BCUT2D eigenvalue weighted by Gasteiger charge is -2.36. The average molecular weight is 386 g/mol. The summed E-state index contributed by atoms with van der Waals surface area (Å²) in [6, 6.07) is 17.1. The second-order valence-corrected chi connectivity index (χ2v) is 7.09. The first-order valence-corrected chi connectivity index (χ1v) is 9.51. The Morgan fingerprint density at radius 1 is 1.00 bits per heavy atom. The van der Waals surface area contributed by atoms with Crippen LogP contribution in [-0.2, 0) is 9.59 Å². The Bertz CT molecular complexity index is 789. The summed E-state index contributed by atoms with van der Waals surface area (Å²) >= 11 is 6.28. The van der Waals surface area contributed by atoms with Crippen molar-refractivity contribution in [2.45, 2.75) is 19.4 Å². The Labute approximate surface area is 164 Å². The van der Waals surface area contributed by atoms with Crippen molar-refractivity contribution in [2.75, 3.05) is 31.1 Å². The van der Waals surface area contributed by atoms with Crippen LogP contribution in [0, 0.1) is 0 Å². The van der Waals surface area contributed by atoms with E-state index in [2.05, 4.69) is 22.3 Å². The first-order chi connectivity index (χ1) is 13.0. The van der Waals surface area contributed by atoms with Gasteiger partial charge in [-0.15, -0.1) is 0 Å². The van der Waals surface area contributed by atoms with Gasteiger partial charge in [0.05, 0.1) is 12.5 Å². The molecule has 0 spiro atoms. The number of carbonyl (C=O) groups excluding carboxylic acids is 2. The number of halogens is 1. The van der Waals surface area contributed by atoms with E-state index < -0.39 is 6.04 Å². The Morgan fingerprint density at radius 3 is 2.26 bits per heavy atom. The van der Waals surface area contributed by atoms with E-state index in [0.717, 1.165) is 18.7 Å². The standard InChI is InChI=1S/C21H24ClN3O2/c1-16(26)23-20(18-9-5-6-10-19(18)22)15-21(27)25-13-11-24(12-14-25)17-7-3-2-4-8-17/h2-10,20H,11-15H2,1H3,(H,23,26)/t20-/m1/s1. The molecule has 0 saturated carbocycles. The molecule has 142 valence electrons. The van der Waals surface area contributed by atoms with Crippen molar-refractivity contribution >= 4 is 29.1 Å². The lowest BCUT2D eigenvalue weighted by molar-refractivity contribution is -0.132. The predicted molar refractivity (Wildman–Crippen MR) is 108 cm³/mol. The summed E-state index contributed by atoms with van der Waals surface area (Å²) in [6.07, 6.45) is 0.203. The molecule has 2 aromatic rings. The number of benzene rings is 2. The molecule has 0 aromatic heterocycles. The van der Waals surface area contributed by atoms with Crippen LogP contribution in [0.4, 0.5) is 5.69 Å². The van der Waals surface area contributed by atoms with Crippen LogP contribution < -0.4 is 10.2 Å². The highest BCUT2D eigenvalue weighted by Crippen LogP contribution is 2.26. The van der Waals surface area contributed by atoms with Gasteiger partial charge in [-0.1, -0.05) is 48.0 Å². The molecule has 0 bridgehead atoms. The molecule has 1 heterocycles. The van der Waals surface area contributed by atoms with Crippen molar-refractivity contribution in [2.24, 2.45) is 0 Å². The van der Waals surface area contributed by atoms with Gasteiger partial charge in [-0.2, -0.15) is 0 Å². The fraction of sp³-hybridized carbons (Fsp3) is 0.333. The molecule has 27 heavy (non-hydrogen) atoms. The van der Waals surface area contributed by atoms with Crippen molar-refractivity contribution in [1.29, 1.82) is 0 Å². The first kappa shape index (κ1) is 19.2. The van der Waals surface area contributed by atoms with Gasteiger partial charge in [0.15, 0.2) is 0 Å². The minimum atomic E-state index is -0.421. The van der Waals surface area contributed by atoms with Crippen LogP contribution in [0.5, 0.6) is 0 Å². The second kappa shape index (κ2) is 8.91. The number of nitrogens with zero attached hydrogens (tertiary/aromatic N) is 2. The summed E-state index contributed by atoms with van der Waals surface area (Å²) in [7, 11) is 0. The number of para-hydroxylation sites is 1. The fourth-order valence-electron chi connectivity index (χ4n) is 3.40. The molecule has 1 aliphatic rings. The zero-order valence-corrected chi connectivity index (χ0v) is 16.2. The summed E-state index contributed by atoms with van der Waals surface area (Å²) < 4.78 is 0. The second-order valence-electron chi connectivity index (χ2n) is 6.68. The number of hydrogen-bond donors (Lipinski definition) is 1. The SMILES string of the molecule is CC(=O)N[C@H](CC(=O)N1CCN(c2ccccc2)CC1)c1ccccc1Cl. The molecule has 1 saturated heterocycles. The van der Waals surface area contributed by atoms with Crippen LogP contribution in [0.1, 0.15) is 24.9 Å². The Balaban J connectivity index is 1.63. The normalized spacial score (nSPS) is 15.3. The van der Waals surface area contributed by atoms with Crippen molar-refractivity contribution in [3.05, 3.63) is 65.2 Å². The highest BCUT2D eigenvalue weighted by molar-refractivity contribution is 6.31. The van der Waals surface area contributed by atoms with Gasteiger partial charge in [-0.05, 0) is 23.8 Å². The minimum absolute atomic E-state index is 0.0291. The molecule has 6 heteroatoms. The van der Waals surface area contributed by atoms with E-state index in [-0.39, 0.29) is 18.2 Å². The Hall–Kier alpha value is -2.53. The van der Waals surface area contributed by atoms with E-state index in [1.54, 1.807) is 6.07 Å². The van der Waals surface area contributed by atoms with E-state index in [0.29, 0.717) is 18.1 Å². The molecule has 5 nitrogen and oxygen atoms in total. The van der Waals surface area contributed by atoms with Gasteiger partial charge < -0.3 is 15.1 Å². The van der Waals surface area contributed by atoms with E-state index in [4.69, 9.17) is 11.6 Å². The maximum absolute atomic E-state index is 12.8. The number of amides is 2. The van der Waals surface area contributed by atoms with Gasteiger partial charge >= 0.3 is 0 Å². The smallest absolute Gasteiger partial charge is 0.225 e. The lowest BCUT2D eigenvalue weighted by Crippen LogP contribution is -2.49. The van der Waals surface area contributed by atoms with Crippen LogP contribution >= 0.6 is 11.6 Å². The van der Waals surface area contributed by atoms with E-state index in [1.165, 1.54) is 12.6 Å². The molecular formula is C21H24ClN3O2. The molecule has 1 aliphatic heterocycles. The van der Waals surface area contributed by atoms with Crippen molar-refractivity contribution in [1.82, 2.24) is 10.2 Å². The monoisotopic (exact) mass is 385 g/mol. The Morgan fingerprint density at radius 2 is 1.63 bits per heavy atom. The minimum Gasteiger partial charge on any atom is -0.368 e. The van der Waals surface area contributed by atoms with Crippen LogP contribution in [-0.4, -0.2) is 42.9 Å². The maximum atomic E-state index is 12.8. The van der Waals surface area contributed by atoms with Gasteiger partial charge in [0.25, 0.3) is 0 Å². The van der Waals surface area contributed by atoms with Gasteiger partial charge in [0.1, 0.15) is 0 Å². The highest BCUT2D eigenvalue weighted by Gasteiger charge is 2.25. The average Bonchev–Trinajstić information content (AvgIpc) is 2.68. The van der Waals surface area contributed by atoms with Gasteiger partial charge in [0, 0.05) is 43.8 Å². The summed E-state index contributed by atoms with van der Waals surface area (Å²) in [5.74, 6) is -0.150. The quantitative estimate of drug-likeness (QED) is 0.859. The summed E-state index contributed by atoms with van der Waals surface area (Å²) in [5, 5.41) is 3.41. The number of nitrogens with one attached hydrogen (secondary N) is 1. The molecule has 0 aliphatic carbocycles. The number of carbonyl (C=O) groups is 2. The van der Waals surface area contributed by atoms with Crippen molar-refractivity contribution in [3.8, 4) is 0 Å². The van der Waals surface area contributed by atoms with Crippen LogP contribution in [0.25, 0.3) is 0 Å². The molecule has 2 aromatic carbocycles.